The fourth-order valence-electron chi connectivity index (χ4n) is 6.98. The first-order valence-electron chi connectivity index (χ1n) is 17.0. The Morgan fingerprint density at radius 1 is 0.373 bits per heavy atom. The van der Waals surface area contributed by atoms with Crippen LogP contribution in [-0.2, 0) is 0 Å². The minimum atomic E-state index is 0.636. The van der Waals surface area contributed by atoms with Crippen molar-refractivity contribution in [1.82, 2.24) is 19.9 Å². The van der Waals surface area contributed by atoms with E-state index in [2.05, 4.69) is 140 Å². The van der Waals surface area contributed by atoms with Crippen LogP contribution in [0.25, 0.3) is 98.3 Å². The van der Waals surface area contributed by atoms with Crippen LogP contribution in [0.5, 0.6) is 0 Å². The quantitative estimate of drug-likeness (QED) is 0.171. The summed E-state index contributed by atoms with van der Waals surface area (Å²) in [5.41, 5.74) is 8.27. The Balaban J connectivity index is 1.20. The second-order valence-electron chi connectivity index (χ2n) is 12.7. The Labute approximate surface area is 298 Å². The molecule has 0 bridgehead atoms. The fraction of sp³-hybridized carbons (Fsp3) is 0. The number of benzene rings is 7. The molecule has 238 valence electrons. The summed E-state index contributed by atoms with van der Waals surface area (Å²) < 4.78 is 2.37. The van der Waals surface area contributed by atoms with E-state index in [1.807, 2.05) is 30.5 Å². The number of rotatable bonds is 5. The molecule has 0 amide bonds. The zero-order valence-corrected chi connectivity index (χ0v) is 28.2. The van der Waals surface area contributed by atoms with Crippen LogP contribution in [0.15, 0.2) is 170 Å². The maximum Gasteiger partial charge on any atom is 0.165 e. The van der Waals surface area contributed by atoms with Crippen molar-refractivity contribution in [1.29, 1.82) is 0 Å². The molecule has 0 aliphatic rings. The molecule has 0 radical (unpaired) electrons. The molecule has 0 unspecified atom stereocenters. The molecule has 0 saturated heterocycles. The summed E-state index contributed by atoms with van der Waals surface area (Å²) in [5, 5.41) is 5.92. The van der Waals surface area contributed by atoms with Gasteiger partial charge in [0.1, 0.15) is 0 Å². The Bertz CT molecular complexity index is 2900. The van der Waals surface area contributed by atoms with Crippen molar-refractivity contribution >= 4 is 53.2 Å². The second kappa shape index (κ2) is 12.1. The van der Waals surface area contributed by atoms with Crippen molar-refractivity contribution in [2.45, 2.75) is 0 Å². The highest BCUT2D eigenvalue weighted by Crippen LogP contribution is 2.43. The van der Waals surface area contributed by atoms with Crippen LogP contribution < -0.4 is 0 Å². The van der Waals surface area contributed by atoms with E-state index in [0.29, 0.717) is 17.5 Å². The molecule has 10 aromatic rings. The predicted octanol–water partition coefficient (Wildman–Crippen LogP) is 12.3. The number of aromatic nitrogens is 4. The minimum Gasteiger partial charge on any atom is -0.256 e. The van der Waals surface area contributed by atoms with Gasteiger partial charge in [0.05, 0.1) is 5.52 Å². The van der Waals surface area contributed by atoms with Crippen molar-refractivity contribution in [3.63, 3.8) is 0 Å². The molecule has 3 aromatic heterocycles. The summed E-state index contributed by atoms with van der Waals surface area (Å²) in [6.07, 6.45) is 1.99. The minimum absolute atomic E-state index is 0.636. The van der Waals surface area contributed by atoms with Gasteiger partial charge in [0, 0.05) is 54.0 Å². The summed E-state index contributed by atoms with van der Waals surface area (Å²) in [7, 11) is 0. The smallest absolute Gasteiger partial charge is 0.165 e. The first kappa shape index (κ1) is 29.4. The molecule has 10 rings (SSSR count). The molecule has 0 saturated carbocycles. The molecule has 0 aliphatic carbocycles. The monoisotopic (exact) mass is 668 g/mol. The third-order valence-electron chi connectivity index (χ3n) is 9.56. The van der Waals surface area contributed by atoms with E-state index < -0.39 is 0 Å². The summed E-state index contributed by atoms with van der Waals surface area (Å²) >= 11 is 1.78. The van der Waals surface area contributed by atoms with Gasteiger partial charge in [0.15, 0.2) is 17.5 Å². The number of hydrogen-bond acceptors (Lipinski definition) is 5. The van der Waals surface area contributed by atoms with Crippen LogP contribution in [0.1, 0.15) is 0 Å². The zero-order valence-electron chi connectivity index (χ0n) is 27.4. The van der Waals surface area contributed by atoms with Crippen LogP contribution in [0.4, 0.5) is 0 Å². The van der Waals surface area contributed by atoms with Crippen LogP contribution in [-0.4, -0.2) is 19.9 Å². The van der Waals surface area contributed by atoms with Crippen molar-refractivity contribution in [2.24, 2.45) is 0 Å². The number of thiophene rings is 1. The van der Waals surface area contributed by atoms with E-state index in [9.17, 15) is 0 Å². The van der Waals surface area contributed by atoms with Gasteiger partial charge in [-0.3, -0.25) is 4.98 Å². The Kier molecular flexibility index (Phi) is 6.96. The third-order valence-corrected chi connectivity index (χ3v) is 10.8. The average Bonchev–Trinajstić information content (AvgIpc) is 3.59. The van der Waals surface area contributed by atoms with Gasteiger partial charge < -0.3 is 0 Å². The van der Waals surface area contributed by atoms with E-state index >= 15 is 0 Å². The molecular weight excluding hydrogens is 641 g/mol. The highest BCUT2D eigenvalue weighted by atomic mass is 32.1. The van der Waals surface area contributed by atoms with Crippen LogP contribution >= 0.6 is 11.3 Å². The van der Waals surface area contributed by atoms with Gasteiger partial charge in [-0.25, -0.2) is 15.0 Å². The van der Waals surface area contributed by atoms with Gasteiger partial charge in [0.2, 0.25) is 0 Å². The van der Waals surface area contributed by atoms with E-state index in [1.54, 1.807) is 11.3 Å². The topological polar surface area (TPSA) is 51.6 Å². The fourth-order valence-corrected chi connectivity index (χ4v) is 8.18. The van der Waals surface area contributed by atoms with E-state index in [-0.39, 0.29) is 0 Å². The van der Waals surface area contributed by atoms with Crippen molar-refractivity contribution in [2.75, 3.05) is 0 Å². The molecule has 51 heavy (non-hydrogen) atoms. The highest BCUT2D eigenvalue weighted by Gasteiger charge is 2.19. The maximum absolute atomic E-state index is 5.22. The van der Waals surface area contributed by atoms with Gasteiger partial charge in [-0.2, -0.15) is 0 Å². The lowest BCUT2D eigenvalue weighted by atomic mass is 9.97. The molecule has 0 fully saturated rings. The van der Waals surface area contributed by atoms with Gasteiger partial charge in [-0.15, -0.1) is 11.3 Å². The van der Waals surface area contributed by atoms with Crippen molar-refractivity contribution in [3.05, 3.63) is 170 Å². The molecule has 7 aromatic carbocycles. The molecule has 5 heteroatoms. The number of pyridine rings is 1. The molecular formula is C46H28N4S. The zero-order chi connectivity index (χ0) is 33.7. The Morgan fingerprint density at radius 3 is 1.75 bits per heavy atom. The number of fused-ring (bicyclic) bond motifs is 6. The standard InChI is InChI=1S/C46H28N4S/c1-3-11-29(12-4-1)30-19-21-33(22-20-30)45-48-44(32-14-5-2-6-15-32)49-46(50-45)40-26-34(25-39-37-17-9-10-18-42(37)51-43(39)40)35-27-38-36-16-8-7-13-31(36)23-24-41(38)47-28-35/h1-28H. The van der Waals surface area contributed by atoms with Gasteiger partial charge in [-0.05, 0) is 57.8 Å². The predicted molar refractivity (Wildman–Crippen MR) is 213 cm³/mol. The first-order chi connectivity index (χ1) is 25.2. The maximum atomic E-state index is 5.22. The van der Waals surface area contributed by atoms with E-state index in [0.717, 1.165) is 49.0 Å². The van der Waals surface area contributed by atoms with Crippen molar-refractivity contribution < 1.29 is 0 Å². The largest absolute Gasteiger partial charge is 0.256 e. The lowest BCUT2D eigenvalue weighted by Crippen LogP contribution is -2.00. The average molecular weight is 669 g/mol. The van der Waals surface area contributed by atoms with E-state index in [4.69, 9.17) is 19.9 Å². The third kappa shape index (κ3) is 5.23. The van der Waals surface area contributed by atoms with E-state index in [1.165, 1.54) is 31.8 Å². The lowest BCUT2D eigenvalue weighted by Gasteiger charge is -2.12. The summed E-state index contributed by atoms with van der Waals surface area (Å²) in [6, 6.07) is 57.2. The highest BCUT2D eigenvalue weighted by molar-refractivity contribution is 7.26. The van der Waals surface area contributed by atoms with Crippen molar-refractivity contribution in [3.8, 4) is 56.4 Å². The van der Waals surface area contributed by atoms with Gasteiger partial charge in [-0.1, -0.05) is 133 Å². The summed E-state index contributed by atoms with van der Waals surface area (Å²) in [5.74, 6) is 1.92. The van der Waals surface area contributed by atoms with Gasteiger partial charge >= 0.3 is 0 Å². The van der Waals surface area contributed by atoms with Gasteiger partial charge in [0.25, 0.3) is 0 Å². The number of nitrogens with zero attached hydrogens (tertiary/aromatic N) is 4. The molecule has 0 N–H and O–H groups in total. The molecule has 3 heterocycles. The first-order valence-corrected chi connectivity index (χ1v) is 17.8. The molecule has 0 aliphatic heterocycles. The lowest BCUT2D eigenvalue weighted by molar-refractivity contribution is 1.08. The molecule has 0 atom stereocenters. The summed E-state index contributed by atoms with van der Waals surface area (Å²) in [6.45, 7) is 0. The second-order valence-corrected chi connectivity index (χ2v) is 13.7. The van der Waals surface area contributed by atoms with Crippen LogP contribution in [0.3, 0.4) is 0 Å². The normalized spacial score (nSPS) is 11.5. The molecule has 4 nitrogen and oxygen atoms in total. The van der Waals surface area contributed by atoms with Crippen LogP contribution in [0, 0.1) is 0 Å². The number of hydrogen-bond donors (Lipinski definition) is 0. The summed E-state index contributed by atoms with van der Waals surface area (Å²) in [4.78, 5) is 20.4. The van der Waals surface area contributed by atoms with Crippen LogP contribution in [0.2, 0.25) is 0 Å². The Morgan fingerprint density at radius 2 is 0.961 bits per heavy atom. The molecule has 0 spiro atoms. The SMILES string of the molecule is c1ccc(-c2ccc(-c3nc(-c4ccccc4)nc(-c4cc(-c5cnc6ccc7ccccc7c6c5)cc5c4sc4ccccc45)n3)cc2)cc1. The Hall–Kier alpha value is -6.56.